The van der Waals surface area contributed by atoms with Crippen molar-refractivity contribution in [1.29, 1.82) is 0 Å². The molecule has 1 aliphatic rings. The van der Waals surface area contributed by atoms with Crippen molar-refractivity contribution in [1.82, 2.24) is 9.13 Å². The topological polar surface area (TPSA) is 28.3 Å². The Morgan fingerprint density at radius 2 is 0.915 bits per heavy atom. The van der Waals surface area contributed by atoms with Crippen molar-refractivity contribution >= 4 is 56.2 Å². The summed E-state index contributed by atoms with van der Waals surface area (Å²) >= 11 is 0. The average molecular weight is 611 g/mol. The quantitative estimate of drug-likeness (QED) is 0.186. The third-order valence-corrected chi connectivity index (χ3v) is 10.4. The fourth-order valence-electron chi connectivity index (χ4n) is 7.31. The van der Waals surface area contributed by atoms with E-state index in [-0.39, 0.29) is 0 Å². The van der Waals surface area contributed by atoms with Gasteiger partial charge in [-0.1, -0.05) is 97.1 Å². The van der Waals surface area contributed by atoms with E-state index >= 15 is 0 Å². The Labute approximate surface area is 274 Å². The lowest BCUT2D eigenvalue weighted by Gasteiger charge is -2.32. The second-order valence-electron chi connectivity index (χ2n) is 13.7. The van der Waals surface area contributed by atoms with Gasteiger partial charge in [0, 0.05) is 32.9 Å². The molecule has 0 amide bonds. The summed E-state index contributed by atoms with van der Waals surface area (Å²) in [5.74, 6) is 0. The van der Waals surface area contributed by atoms with Crippen molar-refractivity contribution in [2.75, 3.05) is 0 Å². The van der Waals surface area contributed by atoms with Gasteiger partial charge in [0.2, 0.25) is 0 Å². The van der Waals surface area contributed by atoms with Crippen LogP contribution >= 0.6 is 0 Å². The zero-order chi connectivity index (χ0) is 31.9. The highest BCUT2D eigenvalue weighted by molar-refractivity contribution is 6.66. The van der Waals surface area contributed by atoms with Crippen LogP contribution in [-0.2, 0) is 9.31 Å². The summed E-state index contributed by atoms with van der Waals surface area (Å²) in [6.07, 6.45) is 0. The number of hydrogen-bond donors (Lipinski definition) is 0. The van der Waals surface area contributed by atoms with Crippen LogP contribution in [-0.4, -0.2) is 27.5 Å². The summed E-state index contributed by atoms with van der Waals surface area (Å²) in [6.45, 7) is 8.49. The van der Waals surface area contributed by atoms with E-state index in [0.29, 0.717) is 0 Å². The molecule has 1 aliphatic heterocycles. The number of fused-ring (bicyclic) bond motifs is 6. The molecule has 0 aliphatic carbocycles. The smallest absolute Gasteiger partial charge is 0.399 e. The Hall–Kier alpha value is -5.10. The van der Waals surface area contributed by atoms with Crippen LogP contribution in [0.1, 0.15) is 27.7 Å². The molecule has 0 saturated carbocycles. The van der Waals surface area contributed by atoms with Crippen molar-refractivity contribution in [3.8, 4) is 22.5 Å². The van der Waals surface area contributed by atoms with Crippen LogP contribution in [0.5, 0.6) is 0 Å². The summed E-state index contributed by atoms with van der Waals surface area (Å²) < 4.78 is 18.4. The van der Waals surface area contributed by atoms with Crippen LogP contribution in [0.4, 0.5) is 0 Å². The first kappa shape index (κ1) is 28.2. The molecular weight excluding hydrogens is 575 g/mol. The molecule has 1 saturated heterocycles. The standard InChI is InChI=1S/C42H35BN2O2/c1-41(2)42(3,4)47-43(46-41)35-26-31(45-36-19-11-8-16-32(36)33-17-9-12-20-37(33)45)27-39-40(35)34-18-10-13-21-38(34)44(39)30-24-22-29(23-25-30)28-14-6-5-7-15-28/h5-27H,1-4H3. The van der Waals surface area contributed by atoms with Gasteiger partial charge in [-0.05, 0) is 86.7 Å². The van der Waals surface area contributed by atoms with Crippen molar-refractivity contribution in [3.63, 3.8) is 0 Å². The molecule has 1 fully saturated rings. The molecule has 6 aromatic carbocycles. The Kier molecular flexibility index (Phi) is 6.11. The number of para-hydroxylation sites is 3. The summed E-state index contributed by atoms with van der Waals surface area (Å²) in [5, 5.41) is 4.79. The second-order valence-corrected chi connectivity index (χ2v) is 13.7. The molecule has 0 N–H and O–H groups in total. The van der Waals surface area contributed by atoms with Crippen molar-refractivity contribution < 1.29 is 9.31 Å². The van der Waals surface area contributed by atoms with E-state index in [9.17, 15) is 0 Å². The first-order valence-electron chi connectivity index (χ1n) is 16.4. The maximum absolute atomic E-state index is 6.79. The molecule has 47 heavy (non-hydrogen) atoms. The van der Waals surface area contributed by atoms with Gasteiger partial charge in [0.05, 0.1) is 33.3 Å². The van der Waals surface area contributed by atoms with Crippen LogP contribution < -0.4 is 5.46 Å². The van der Waals surface area contributed by atoms with E-state index in [1.54, 1.807) is 0 Å². The minimum Gasteiger partial charge on any atom is -0.399 e. The normalized spacial score (nSPS) is 15.8. The monoisotopic (exact) mass is 610 g/mol. The van der Waals surface area contributed by atoms with Crippen LogP contribution in [0, 0.1) is 0 Å². The van der Waals surface area contributed by atoms with Gasteiger partial charge in [-0.2, -0.15) is 0 Å². The summed E-state index contributed by atoms with van der Waals surface area (Å²) in [7, 11) is -0.532. The lowest BCUT2D eigenvalue weighted by Crippen LogP contribution is -2.41. The average Bonchev–Trinajstić information content (AvgIpc) is 3.68. The molecule has 5 heteroatoms. The molecule has 0 unspecified atom stereocenters. The largest absolute Gasteiger partial charge is 0.495 e. The molecule has 0 atom stereocenters. The van der Waals surface area contributed by atoms with Crippen LogP contribution in [0.25, 0.3) is 66.1 Å². The molecule has 8 aromatic rings. The highest BCUT2D eigenvalue weighted by Crippen LogP contribution is 2.40. The lowest BCUT2D eigenvalue weighted by atomic mass is 9.76. The van der Waals surface area contributed by atoms with Gasteiger partial charge in [0.1, 0.15) is 0 Å². The third-order valence-electron chi connectivity index (χ3n) is 10.4. The molecule has 228 valence electrons. The summed E-state index contributed by atoms with van der Waals surface area (Å²) in [6, 6.07) is 50.1. The van der Waals surface area contributed by atoms with E-state index < -0.39 is 18.3 Å². The molecular formula is C42H35BN2O2. The molecule has 9 rings (SSSR count). The van der Waals surface area contributed by atoms with Crippen LogP contribution in [0.15, 0.2) is 140 Å². The second kappa shape index (κ2) is 10.2. The zero-order valence-electron chi connectivity index (χ0n) is 27.1. The number of benzene rings is 6. The minimum absolute atomic E-state index is 0.474. The maximum Gasteiger partial charge on any atom is 0.495 e. The number of nitrogens with zero attached hydrogens (tertiary/aromatic N) is 2. The number of rotatable bonds is 4. The molecule has 4 nitrogen and oxygen atoms in total. The zero-order valence-corrected chi connectivity index (χ0v) is 27.1. The predicted octanol–water partition coefficient (Wildman–Crippen LogP) is 9.85. The van der Waals surface area contributed by atoms with Gasteiger partial charge in [-0.25, -0.2) is 0 Å². The van der Waals surface area contributed by atoms with Gasteiger partial charge in [0.25, 0.3) is 0 Å². The lowest BCUT2D eigenvalue weighted by molar-refractivity contribution is 0.00578. The Balaban J connectivity index is 1.37. The fraction of sp³-hybridized carbons (Fsp3) is 0.143. The SMILES string of the molecule is CC1(C)OB(c2cc(-n3c4ccccc4c4ccccc43)cc3c2c2ccccc2n3-c2ccc(-c3ccccc3)cc2)OC1(C)C. The summed E-state index contributed by atoms with van der Waals surface area (Å²) in [4.78, 5) is 0. The van der Waals surface area contributed by atoms with Crippen LogP contribution in [0.3, 0.4) is 0 Å². The van der Waals surface area contributed by atoms with Gasteiger partial charge in [-0.15, -0.1) is 0 Å². The maximum atomic E-state index is 6.79. The van der Waals surface area contributed by atoms with E-state index in [0.717, 1.165) is 33.3 Å². The van der Waals surface area contributed by atoms with Crippen LogP contribution in [0.2, 0.25) is 0 Å². The van der Waals surface area contributed by atoms with Gasteiger partial charge < -0.3 is 18.4 Å². The molecule has 0 spiro atoms. The number of aromatic nitrogens is 2. The predicted molar refractivity (Wildman–Crippen MR) is 196 cm³/mol. The first-order valence-corrected chi connectivity index (χ1v) is 16.4. The molecule has 3 heterocycles. The van der Waals surface area contributed by atoms with Crippen molar-refractivity contribution in [2.45, 2.75) is 38.9 Å². The highest BCUT2D eigenvalue weighted by Gasteiger charge is 2.52. The van der Waals surface area contributed by atoms with E-state index in [1.165, 1.54) is 38.3 Å². The highest BCUT2D eigenvalue weighted by atomic mass is 16.7. The van der Waals surface area contributed by atoms with Gasteiger partial charge in [0.15, 0.2) is 0 Å². The van der Waals surface area contributed by atoms with Gasteiger partial charge in [-0.3, -0.25) is 0 Å². The van der Waals surface area contributed by atoms with E-state index in [2.05, 4.69) is 176 Å². The fourth-order valence-corrected chi connectivity index (χ4v) is 7.31. The summed E-state index contributed by atoms with van der Waals surface area (Å²) in [5.41, 5.74) is 9.27. The Bertz CT molecular complexity index is 2400. The van der Waals surface area contributed by atoms with Crippen molar-refractivity contribution in [2.24, 2.45) is 0 Å². The Morgan fingerprint density at radius 3 is 1.51 bits per heavy atom. The third kappa shape index (κ3) is 4.24. The minimum atomic E-state index is -0.532. The molecule has 0 bridgehead atoms. The first-order chi connectivity index (χ1) is 22.8. The van der Waals surface area contributed by atoms with Crippen molar-refractivity contribution in [3.05, 3.63) is 140 Å². The van der Waals surface area contributed by atoms with Gasteiger partial charge >= 0.3 is 7.12 Å². The number of hydrogen-bond acceptors (Lipinski definition) is 2. The molecule has 0 radical (unpaired) electrons. The molecule has 2 aromatic heterocycles. The van der Waals surface area contributed by atoms with E-state index in [4.69, 9.17) is 9.31 Å². The Morgan fingerprint density at radius 1 is 0.447 bits per heavy atom. The van der Waals surface area contributed by atoms with E-state index in [1.807, 2.05) is 0 Å².